The predicted octanol–water partition coefficient (Wildman–Crippen LogP) is 3.17. The molecule has 0 saturated heterocycles. The van der Waals surface area contributed by atoms with Gasteiger partial charge in [0.25, 0.3) is 0 Å². The van der Waals surface area contributed by atoms with E-state index in [2.05, 4.69) is 5.32 Å². The molecular formula is C14H18F2N2O3. The Morgan fingerprint density at radius 1 is 1.24 bits per heavy atom. The maximum Gasteiger partial charge on any atom is 0.337 e. The average Bonchev–Trinajstić information content (AvgIpc) is 2.30. The van der Waals surface area contributed by atoms with Gasteiger partial charge in [-0.1, -0.05) is 20.8 Å². The zero-order chi connectivity index (χ0) is 16.4. The van der Waals surface area contributed by atoms with Crippen LogP contribution < -0.4 is 5.32 Å². The molecular weight excluding hydrogens is 282 g/mol. The van der Waals surface area contributed by atoms with E-state index in [-0.39, 0.29) is 11.1 Å². The topological polar surface area (TPSA) is 69.6 Å². The van der Waals surface area contributed by atoms with Crippen molar-refractivity contribution in [1.29, 1.82) is 0 Å². The summed E-state index contributed by atoms with van der Waals surface area (Å²) in [7, 11) is 1.53. The largest absolute Gasteiger partial charge is 0.478 e. The van der Waals surface area contributed by atoms with Gasteiger partial charge in [0, 0.05) is 19.7 Å². The van der Waals surface area contributed by atoms with Gasteiger partial charge in [-0.25, -0.2) is 18.4 Å². The Labute approximate surface area is 121 Å². The number of urea groups is 1. The quantitative estimate of drug-likeness (QED) is 0.900. The van der Waals surface area contributed by atoms with Gasteiger partial charge in [-0.3, -0.25) is 0 Å². The number of amides is 2. The van der Waals surface area contributed by atoms with Crippen molar-refractivity contribution in [3.63, 3.8) is 0 Å². The van der Waals surface area contributed by atoms with Crippen LogP contribution >= 0.6 is 0 Å². The fourth-order valence-electron chi connectivity index (χ4n) is 1.82. The Balaban J connectivity index is 2.99. The van der Waals surface area contributed by atoms with Crippen LogP contribution in [0.15, 0.2) is 12.1 Å². The first-order valence-electron chi connectivity index (χ1n) is 6.26. The van der Waals surface area contributed by atoms with Crippen LogP contribution in [0.1, 0.15) is 31.1 Å². The van der Waals surface area contributed by atoms with E-state index < -0.39 is 29.2 Å². The Kier molecular flexibility index (Phi) is 4.88. The average molecular weight is 300 g/mol. The number of rotatable bonds is 3. The molecule has 0 atom stereocenters. The first-order chi connectivity index (χ1) is 9.51. The lowest BCUT2D eigenvalue weighted by molar-refractivity contribution is 0.0697. The van der Waals surface area contributed by atoms with Gasteiger partial charge < -0.3 is 15.3 Å². The molecule has 0 aliphatic heterocycles. The number of benzene rings is 1. The van der Waals surface area contributed by atoms with E-state index in [0.717, 1.165) is 0 Å². The second-order valence-electron chi connectivity index (χ2n) is 5.96. The zero-order valence-corrected chi connectivity index (χ0v) is 12.3. The lowest BCUT2D eigenvalue weighted by Crippen LogP contribution is -2.37. The third kappa shape index (κ3) is 4.70. The molecule has 0 bridgehead atoms. The molecule has 1 aromatic rings. The summed E-state index contributed by atoms with van der Waals surface area (Å²) in [6.45, 7) is 6.19. The second kappa shape index (κ2) is 6.07. The monoisotopic (exact) mass is 300 g/mol. The summed E-state index contributed by atoms with van der Waals surface area (Å²) in [5.74, 6) is -3.97. The molecule has 0 heterocycles. The maximum absolute atomic E-state index is 13.2. The number of anilines is 1. The number of halogens is 2. The number of carboxylic acid groups (broad SMARTS) is 1. The number of carbonyl (C=O) groups excluding carboxylic acids is 1. The van der Waals surface area contributed by atoms with Gasteiger partial charge in [0.05, 0.1) is 11.3 Å². The second-order valence-corrected chi connectivity index (χ2v) is 5.96. The molecule has 0 aliphatic rings. The van der Waals surface area contributed by atoms with Crippen molar-refractivity contribution in [3.05, 3.63) is 29.3 Å². The molecule has 0 aliphatic carbocycles. The molecule has 0 unspecified atom stereocenters. The van der Waals surface area contributed by atoms with Crippen molar-refractivity contribution in [3.8, 4) is 0 Å². The van der Waals surface area contributed by atoms with Gasteiger partial charge in [-0.15, -0.1) is 0 Å². The van der Waals surface area contributed by atoms with E-state index >= 15 is 0 Å². The highest BCUT2D eigenvalue weighted by Crippen LogP contribution is 2.21. The number of nitrogens with one attached hydrogen (secondary N) is 1. The van der Waals surface area contributed by atoms with Crippen LogP contribution in [-0.2, 0) is 0 Å². The fraction of sp³-hybridized carbons (Fsp3) is 0.429. The highest BCUT2D eigenvalue weighted by molar-refractivity contribution is 6.00. The Morgan fingerprint density at radius 2 is 1.76 bits per heavy atom. The minimum atomic E-state index is -1.46. The standard InChI is InChI=1S/C14H18F2N2O3/c1-14(2,3)7-18(4)13(21)17-11-6-10(16)9(15)5-8(11)12(19)20/h5-6H,7H2,1-4H3,(H,17,21)(H,19,20). The molecule has 5 nitrogen and oxygen atoms in total. The first-order valence-corrected chi connectivity index (χ1v) is 6.26. The van der Waals surface area contributed by atoms with Crippen molar-refractivity contribution in [2.24, 2.45) is 5.41 Å². The molecule has 21 heavy (non-hydrogen) atoms. The highest BCUT2D eigenvalue weighted by atomic mass is 19.2. The highest BCUT2D eigenvalue weighted by Gasteiger charge is 2.21. The van der Waals surface area contributed by atoms with Crippen molar-refractivity contribution in [2.75, 3.05) is 18.9 Å². The van der Waals surface area contributed by atoms with Gasteiger partial charge in [0.15, 0.2) is 11.6 Å². The van der Waals surface area contributed by atoms with E-state index in [1.807, 2.05) is 20.8 Å². The van der Waals surface area contributed by atoms with Crippen molar-refractivity contribution >= 4 is 17.7 Å². The lowest BCUT2D eigenvalue weighted by Gasteiger charge is -2.27. The minimum absolute atomic E-state index is 0.157. The Bertz CT molecular complexity index is 568. The molecule has 2 amide bonds. The third-order valence-corrected chi connectivity index (χ3v) is 2.59. The number of hydrogen-bond donors (Lipinski definition) is 2. The number of hydrogen-bond acceptors (Lipinski definition) is 2. The van der Waals surface area contributed by atoms with E-state index in [1.54, 1.807) is 0 Å². The Morgan fingerprint density at radius 3 is 2.24 bits per heavy atom. The number of carbonyl (C=O) groups is 2. The maximum atomic E-state index is 13.2. The molecule has 2 N–H and O–H groups in total. The van der Waals surface area contributed by atoms with Crippen molar-refractivity contribution in [1.82, 2.24) is 4.90 Å². The van der Waals surface area contributed by atoms with E-state index in [4.69, 9.17) is 5.11 Å². The summed E-state index contributed by atoms with van der Waals surface area (Å²) in [5, 5.41) is 11.2. The van der Waals surface area contributed by atoms with Crippen molar-refractivity contribution in [2.45, 2.75) is 20.8 Å². The summed E-state index contributed by atoms with van der Waals surface area (Å²) in [6.07, 6.45) is 0. The predicted molar refractivity (Wildman–Crippen MR) is 74.4 cm³/mol. The van der Waals surface area contributed by atoms with Gasteiger partial charge in [-0.05, 0) is 11.5 Å². The lowest BCUT2D eigenvalue weighted by atomic mass is 9.96. The van der Waals surface area contributed by atoms with Crippen LogP contribution in [-0.4, -0.2) is 35.6 Å². The van der Waals surface area contributed by atoms with Crippen LogP contribution in [0.3, 0.4) is 0 Å². The van der Waals surface area contributed by atoms with Crippen LogP contribution in [0.5, 0.6) is 0 Å². The molecule has 0 fully saturated rings. The van der Waals surface area contributed by atoms with Crippen LogP contribution in [0.2, 0.25) is 0 Å². The van der Waals surface area contributed by atoms with E-state index in [9.17, 15) is 18.4 Å². The number of nitrogens with zero attached hydrogens (tertiary/aromatic N) is 1. The molecule has 1 aromatic carbocycles. The smallest absolute Gasteiger partial charge is 0.337 e. The summed E-state index contributed by atoms with van der Waals surface area (Å²) in [5.41, 5.74) is -0.950. The number of carboxylic acids is 1. The van der Waals surface area contributed by atoms with Crippen LogP contribution in [0.4, 0.5) is 19.3 Å². The first kappa shape index (κ1) is 16.9. The molecule has 0 saturated carbocycles. The number of aromatic carboxylic acids is 1. The summed E-state index contributed by atoms with van der Waals surface area (Å²) in [4.78, 5) is 24.3. The van der Waals surface area contributed by atoms with Crippen LogP contribution in [0, 0.1) is 17.0 Å². The Hall–Kier alpha value is -2.18. The fourth-order valence-corrected chi connectivity index (χ4v) is 1.82. The zero-order valence-electron chi connectivity index (χ0n) is 12.3. The molecule has 0 aromatic heterocycles. The van der Waals surface area contributed by atoms with E-state index in [0.29, 0.717) is 18.7 Å². The molecule has 0 spiro atoms. The van der Waals surface area contributed by atoms with Gasteiger partial charge in [-0.2, -0.15) is 0 Å². The summed E-state index contributed by atoms with van der Waals surface area (Å²) < 4.78 is 26.3. The normalized spacial score (nSPS) is 11.1. The van der Waals surface area contributed by atoms with Crippen molar-refractivity contribution < 1.29 is 23.5 Å². The SMILES string of the molecule is CN(CC(C)(C)C)C(=O)Nc1cc(F)c(F)cc1C(=O)O. The molecule has 0 radical (unpaired) electrons. The molecule has 7 heteroatoms. The van der Waals surface area contributed by atoms with Gasteiger partial charge >= 0.3 is 12.0 Å². The summed E-state index contributed by atoms with van der Waals surface area (Å²) >= 11 is 0. The van der Waals surface area contributed by atoms with Crippen LogP contribution in [0.25, 0.3) is 0 Å². The van der Waals surface area contributed by atoms with Gasteiger partial charge in [0.1, 0.15) is 0 Å². The molecule has 1 rings (SSSR count). The molecule has 116 valence electrons. The third-order valence-electron chi connectivity index (χ3n) is 2.59. The summed E-state index contributed by atoms with van der Waals surface area (Å²) in [6, 6.07) is 0.594. The van der Waals surface area contributed by atoms with Gasteiger partial charge in [0.2, 0.25) is 0 Å². The van der Waals surface area contributed by atoms with E-state index in [1.165, 1.54) is 11.9 Å². The minimum Gasteiger partial charge on any atom is -0.478 e.